The van der Waals surface area contributed by atoms with Gasteiger partial charge in [0.15, 0.2) is 12.1 Å². The van der Waals surface area contributed by atoms with Crippen molar-refractivity contribution in [3.8, 4) is 0 Å². The number of ether oxygens (including phenoxy) is 1. The number of halogens is 2. The summed E-state index contributed by atoms with van der Waals surface area (Å²) in [7, 11) is 0. The Labute approximate surface area is 212 Å². The molecule has 184 valence electrons. The number of cyclic esters (lactones) is 1. The molecule has 1 aliphatic carbocycles. The van der Waals surface area contributed by atoms with Crippen LogP contribution in [0.3, 0.4) is 0 Å². The highest BCUT2D eigenvalue weighted by Gasteiger charge is 2.47. The zero-order chi connectivity index (χ0) is 25.2. The van der Waals surface area contributed by atoms with E-state index in [1.807, 2.05) is 0 Å². The Kier molecular flexibility index (Phi) is 6.61. The number of benzene rings is 3. The molecule has 1 heterocycles. The van der Waals surface area contributed by atoms with E-state index in [2.05, 4.69) is 10.6 Å². The van der Waals surface area contributed by atoms with Crippen LogP contribution in [0.15, 0.2) is 72.8 Å². The minimum atomic E-state index is -0.893. The third-order valence-electron chi connectivity index (χ3n) is 6.13. The van der Waals surface area contributed by atoms with Gasteiger partial charge in [-0.15, -0.1) is 0 Å². The van der Waals surface area contributed by atoms with Gasteiger partial charge in [0, 0.05) is 22.3 Å². The number of nitrogens with zero attached hydrogens (tertiary/aromatic N) is 1. The maximum Gasteiger partial charge on any atom is 0.411 e. The van der Waals surface area contributed by atoms with Crippen molar-refractivity contribution in [3.63, 3.8) is 0 Å². The first-order valence-electron chi connectivity index (χ1n) is 11.6. The van der Waals surface area contributed by atoms with E-state index in [1.54, 1.807) is 60.7 Å². The third kappa shape index (κ3) is 5.33. The molecule has 2 aliphatic rings. The van der Waals surface area contributed by atoms with Crippen LogP contribution in [0, 0.1) is 5.82 Å². The summed E-state index contributed by atoms with van der Waals surface area (Å²) in [4.78, 5) is 39.9. The van der Waals surface area contributed by atoms with Crippen molar-refractivity contribution >= 4 is 35.2 Å². The van der Waals surface area contributed by atoms with Crippen LogP contribution < -0.4 is 10.6 Å². The second-order valence-electron chi connectivity index (χ2n) is 8.87. The molecule has 1 saturated carbocycles. The van der Waals surface area contributed by atoms with Crippen molar-refractivity contribution in [3.05, 3.63) is 100 Å². The minimum Gasteiger partial charge on any atom is -0.438 e. The standard InChI is InChI=1S/C27H23ClFN3O4/c28-19-3-1-2-18(14-19)25(33)30-21-10-6-17(7-11-21)24-23(26(34)31-22-12-13-22)32(27(35)36-24)15-16-4-8-20(29)9-5-16/h1-11,14,22-24H,12-13,15H2,(H,30,33)(H,31,34). The van der Waals surface area contributed by atoms with Gasteiger partial charge in [0.25, 0.3) is 5.91 Å². The Morgan fingerprint density at radius 2 is 1.75 bits per heavy atom. The Hall–Kier alpha value is -3.91. The lowest BCUT2D eigenvalue weighted by molar-refractivity contribution is -0.126. The average Bonchev–Trinajstić information content (AvgIpc) is 3.62. The second kappa shape index (κ2) is 9.99. The van der Waals surface area contributed by atoms with Gasteiger partial charge in [-0.3, -0.25) is 14.5 Å². The molecule has 2 N–H and O–H groups in total. The molecule has 1 saturated heterocycles. The minimum absolute atomic E-state index is 0.102. The molecule has 5 rings (SSSR count). The van der Waals surface area contributed by atoms with Crippen molar-refractivity contribution in [2.75, 3.05) is 5.32 Å². The molecular weight excluding hydrogens is 485 g/mol. The lowest BCUT2D eigenvalue weighted by Crippen LogP contribution is -2.46. The van der Waals surface area contributed by atoms with E-state index in [1.165, 1.54) is 17.0 Å². The molecule has 1 aliphatic heterocycles. The van der Waals surface area contributed by atoms with E-state index >= 15 is 0 Å². The van der Waals surface area contributed by atoms with Gasteiger partial charge in [0.2, 0.25) is 5.91 Å². The second-order valence-corrected chi connectivity index (χ2v) is 9.31. The van der Waals surface area contributed by atoms with Crippen LogP contribution in [0.5, 0.6) is 0 Å². The van der Waals surface area contributed by atoms with Gasteiger partial charge in [-0.25, -0.2) is 9.18 Å². The quantitative estimate of drug-likeness (QED) is 0.467. The molecule has 9 heteroatoms. The summed E-state index contributed by atoms with van der Waals surface area (Å²) >= 11 is 5.97. The van der Waals surface area contributed by atoms with Crippen LogP contribution >= 0.6 is 11.6 Å². The highest BCUT2D eigenvalue weighted by molar-refractivity contribution is 6.31. The van der Waals surface area contributed by atoms with Gasteiger partial charge in [0.1, 0.15) is 5.82 Å². The lowest BCUT2D eigenvalue weighted by atomic mass is 10.00. The molecule has 3 aromatic rings. The van der Waals surface area contributed by atoms with Crippen LogP contribution in [0.2, 0.25) is 5.02 Å². The van der Waals surface area contributed by atoms with Crippen molar-refractivity contribution < 1.29 is 23.5 Å². The zero-order valence-corrected chi connectivity index (χ0v) is 19.9. The van der Waals surface area contributed by atoms with Gasteiger partial charge >= 0.3 is 6.09 Å². The number of carbonyl (C=O) groups excluding carboxylic acids is 3. The lowest BCUT2D eigenvalue weighted by Gasteiger charge is -2.24. The first-order valence-corrected chi connectivity index (χ1v) is 11.9. The third-order valence-corrected chi connectivity index (χ3v) is 6.36. The summed E-state index contributed by atoms with van der Waals surface area (Å²) in [6.07, 6.45) is 0.335. The average molecular weight is 508 g/mol. The molecule has 0 spiro atoms. The van der Waals surface area contributed by atoms with Crippen LogP contribution in [0.4, 0.5) is 14.9 Å². The Morgan fingerprint density at radius 3 is 2.42 bits per heavy atom. The van der Waals surface area contributed by atoms with Gasteiger partial charge in [-0.1, -0.05) is 41.9 Å². The largest absolute Gasteiger partial charge is 0.438 e. The number of rotatable bonds is 7. The van der Waals surface area contributed by atoms with Crippen LogP contribution in [0.1, 0.15) is 40.4 Å². The predicted octanol–water partition coefficient (Wildman–Crippen LogP) is 5.07. The van der Waals surface area contributed by atoms with E-state index in [4.69, 9.17) is 16.3 Å². The number of hydrogen-bond donors (Lipinski definition) is 2. The van der Waals surface area contributed by atoms with E-state index < -0.39 is 18.2 Å². The summed E-state index contributed by atoms with van der Waals surface area (Å²) in [5.74, 6) is -0.996. The van der Waals surface area contributed by atoms with Crippen LogP contribution in [0.25, 0.3) is 0 Å². The van der Waals surface area contributed by atoms with E-state index in [-0.39, 0.29) is 30.2 Å². The number of carbonyl (C=O) groups is 3. The molecule has 0 aromatic heterocycles. The summed E-state index contributed by atoms with van der Waals surface area (Å²) in [6.45, 7) is 0.103. The van der Waals surface area contributed by atoms with E-state index in [0.717, 1.165) is 12.8 Å². The Morgan fingerprint density at radius 1 is 1.03 bits per heavy atom. The first-order chi connectivity index (χ1) is 17.4. The van der Waals surface area contributed by atoms with Gasteiger partial charge < -0.3 is 15.4 Å². The number of anilines is 1. The molecule has 36 heavy (non-hydrogen) atoms. The molecule has 3 amide bonds. The fourth-order valence-corrected chi connectivity index (χ4v) is 4.29. The SMILES string of the molecule is O=C(Nc1ccc(C2OC(=O)N(Cc3ccc(F)cc3)C2C(=O)NC2CC2)cc1)c1cccc(Cl)c1. The molecule has 2 unspecified atom stereocenters. The Bertz CT molecular complexity index is 1300. The highest BCUT2D eigenvalue weighted by Crippen LogP contribution is 2.35. The zero-order valence-electron chi connectivity index (χ0n) is 19.1. The van der Waals surface area contributed by atoms with E-state index in [9.17, 15) is 18.8 Å². The smallest absolute Gasteiger partial charge is 0.411 e. The van der Waals surface area contributed by atoms with Gasteiger partial charge in [-0.2, -0.15) is 0 Å². The molecule has 0 radical (unpaired) electrons. The molecule has 2 atom stereocenters. The molecule has 2 fully saturated rings. The van der Waals surface area contributed by atoms with Gasteiger partial charge in [0.05, 0.1) is 6.54 Å². The van der Waals surface area contributed by atoms with Crippen LogP contribution in [-0.4, -0.2) is 34.9 Å². The normalized spacial score (nSPS) is 19.1. The Balaban J connectivity index is 1.35. The summed E-state index contributed by atoms with van der Waals surface area (Å²) < 4.78 is 19.0. The van der Waals surface area contributed by atoms with Gasteiger partial charge in [-0.05, 0) is 66.4 Å². The summed E-state index contributed by atoms with van der Waals surface area (Å²) in [5.41, 5.74) is 2.25. The van der Waals surface area contributed by atoms with Crippen molar-refractivity contribution in [1.82, 2.24) is 10.2 Å². The fraction of sp³-hybridized carbons (Fsp3) is 0.222. The highest BCUT2D eigenvalue weighted by atomic mass is 35.5. The topological polar surface area (TPSA) is 87.7 Å². The van der Waals surface area contributed by atoms with Crippen molar-refractivity contribution in [1.29, 1.82) is 0 Å². The van der Waals surface area contributed by atoms with E-state index in [0.29, 0.717) is 27.4 Å². The van der Waals surface area contributed by atoms with Crippen LogP contribution in [-0.2, 0) is 16.1 Å². The summed E-state index contributed by atoms with van der Waals surface area (Å²) in [6, 6.07) is 18.4. The fourth-order valence-electron chi connectivity index (χ4n) is 4.10. The first kappa shape index (κ1) is 23.8. The maximum absolute atomic E-state index is 13.3. The number of amides is 3. The number of hydrogen-bond acceptors (Lipinski definition) is 4. The predicted molar refractivity (Wildman–Crippen MR) is 132 cm³/mol. The molecule has 7 nitrogen and oxygen atoms in total. The molecular formula is C27H23ClFN3O4. The summed E-state index contributed by atoms with van der Waals surface area (Å²) in [5, 5.41) is 6.22. The van der Waals surface area contributed by atoms with Crippen molar-refractivity contribution in [2.24, 2.45) is 0 Å². The maximum atomic E-state index is 13.3. The number of nitrogens with one attached hydrogen (secondary N) is 2. The molecule has 3 aromatic carbocycles. The molecule has 0 bridgehead atoms. The van der Waals surface area contributed by atoms with Crippen molar-refractivity contribution in [2.45, 2.75) is 37.6 Å². The monoisotopic (exact) mass is 507 g/mol.